The van der Waals surface area contributed by atoms with E-state index in [1.165, 1.54) is 24.3 Å². The minimum atomic E-state index is -0.533. The van der Waals surface area contributed by atoms with Crippen LogP contribution >= 0.6 is 15.9 Å². The molecule has 2 amide bonds. The van der Waals surface area contributed by atoms with E-state index in [2.05, 4.69) is 21.2 Å². The molecule has 1 heterocycles. The van der Waals surface area contributed by atoms with Gasteiger partial charge in [-0.15, -0.1) is 0 Å². The monoisotopic (exact) mass is 436 g/mol. The molecule has 0 aromatic heterocycles. The third-order valence-corrected chi connectivity index (χ3v) is 4.80. The van der Waals surface area contributed by atoms with Gasteiger partial charge in [0.05, 0.1) is 11.3 Å². The van der Waals surface area contributed by atoms with E-state index in [0.29, 0.717) is 11.3 Å². The van der Waals surface area contributed by atoms with Gasteiger partial charge in [-0.25, -0.2) is 9.29 Å². The van der Waals surface area contributed by atoms with Crippen molar-refractivity contribution in [1.29, 1.82) is 0 Å². The normalized spacial score (nSPS) is 14.0. The fraction of sp³-hybridized carbons (Fsp3) is 0. The minimum absolute atomic E-state index is 0.151. The molecule has 3 aromatic carbocycles. The summed E-state index contributed by atoms with van der Waals surface area (Å²) in [6.45, 7) is 0. The maximum absolute atomic E-state index is 13.7. The molecule has 0 bridgehead atoms. The van der Waals surface area contributed by atoms with Gasteiger partial charge in [-0.2, -0.15) is 0 Å². The van der Waals surface area contributed by atoms with E-state index in [9.17, 15) is 14.0 Å². The van der Waals surface area contributed by atoms with Crippen LogP contribution < -0.4 is 10.2 Å². The Labute approximate surface area is 169 Å². The van der Waals surface area contributed by atoms with E-state index < -0.39 is 17.6 Å². The van der Waals surface area contributed by atoms with Crippen LogP contribution in [0.15, 0.2) is 89.0 Å². The van der Waals surface area contributed by atoms with E-state index in [1.807, 2.05) is 18.2 Å². The summed E-state index contributed by atoms with van der Waals surface area (Å²) in [5.74, 6) is -1.55. The summed E-state index contributed by atoms with van der Waals surface area (Å²) in [5, 5.41) is 3.07. The van der Waals surface area contributed by atoms with Crippen molar-refractivity contribution < 1.29 is 14.0 Å². The van der Waals surface area contributed by atoms with Gasteiger partial charge in [0, 0.05) is 10.2 Å². The zero-order chi connectivity index (χ0) is 19.7. The molecule has 0 spiro atoms. The molecule has 138 valence electrons. The highest BCUT2D eigenvalue weighted by Crippen LogP contribution is 2.34. The van der Waals surface area contributed by atoms with Crippen LogP contribution in [0.2, 0.25) is 0 Å². The molecule has 0 fully saturated rings. The molecule has 4 rings (SSSR count). The Bertz CT molecular complexity index is 1110. The molecule has 0 unspecified atom stereocenters. The minimum Gasteiger partial charge on any atom is -0.350 e. The van der Waals surface area contributed by atoms with E-state index >= 15 is 0 Å². The largest absolute Gasteiger partial charge is 0.350 e. The lowest BCUT2D eigenvalue weighted by molar-refractivity contribution is -0.120. The average molecular weight is 437 g/mol. The predicted octanol–water partition coefficient (Wildman–Crippen LogP) is 4.98. The number of anilines is 2. The summed E-state index contributed by atoms with van der Waals surface area (Å²) in [4.78, 5) is 27.3. The summed E-state index contributed by atoms with van der Waals surface area (Å²) in [5.41, 5.74) is 1.85. The number of nitrogens with one attached hydrogen (secondary N) is 1. The van der Waals surface area contributed by atoms with Gasteiger partial charge in [0.1, 0.15) is 11.5 Å². The number of halogens is 2. The van der Waals surface area contributed by atoms with Gasteiger partial charge in [-0.3, -0.25) is 9.59 Å². The van der Waals surface area contributed by atoms with Gasteiger partial charge in [-0.05, 0) is 42.0 Å². The molecule has 28 heavy (non-hydrogen) atoms. The van der Waals surface area contributed by atoms with E-state index in [1.54, 1.807) is 36.4 Å². The molecule has 1 aliphatic rings. The second kappa shape index (κ2) is 7.40. The molecule has 1 aliphatic heterocycles. The third-order valence-electron chi connectivity index (χ3n) is 4.31. The molecule has 3 aromatic rings. The fourth-order valence-electron chi connectivity index (χ4n) is 3.08. The number of rotatable bonds is 4. The highest BCUT2D eigenvalue weighted by atomic mass is 79.9. The van der Waals surface area contributed by atoms with Gasteiger partial charge in [0.15, 0.2) is 0 Å². The molecule has 0 saturated heterocycles. The molecular formula is C22H14BrFN2O2. The number of hydrogen-bond donors (Lipinski definition) is 1. The smallest absolute Gasteiger partial charge is 0.282 e. The Kier molecular flexibility index (Phi) is 4.79. The second-order valence-corrected chi connectivity index (χ2v) is 7.09. The van der Waals surface area contributed by atoms with Crippen molar-refractivity contribution >= 4 is 44.7 Å². The Morgan fingerprint density at radius 3 is 2.29 bits per heavy atom. The van der Waals surface area contributed by atoms with Crippen molar-refractivity contribution in [2.75, 3.05) is 10.2 Å². The molecule has 4 nitrogen and oxygen atoms in total. The van der Waals surface area contributed by atoms with E-state index in [0.717, 1.165) is 9.37 Å². The van der Waals surface area contributed by atoms with Gasteiger partial charge in [-0.1, -0.05) is 58.4 Å². The zero-order valence-electron chi connectivity index (χ0n) is 14.5. The van der Waals surface area contributed by atoms with Crippen molar-refractivity contribution in [3.8, 4) is 0 Å². The first kappa shape index (κ1) is 18.1. The summed E-state index contributed by atoms with van der Waals surface area (Å²) < 4.78 is 14.5. The lowest BCUT2D eigenvalue weighted by atomic mass is 10.0. The molecule has 6 heteroatoms. The first-order chi connectivity index (χ1) is 13.5. The maximum Gasteiger partial charge on any atom is 0.282 e. The summed E-state index contributed by atoms with van der Waals surface area (Å²) in [7, 11) is 0. The Balaban J connectivity index is 1.83. The van der Waals surface area contributed by atoms with Gasteiger partial charge in [0.25, 0.3) is 11.8 Å². The van der Waals surface area contributed by atoms with Crippen LogP contribution in [0, 0.1) is 5.82 Å². The highest BCUT2D eigenvalue weighted by molar-refractivity contribution is 9.10. The van der Waals surface area contributed by atoms with Gasteiger partial charge >= 0.3 is 0 Å². The quantitative estimate of drug-likeness (QED) is 0.586. The molecule has 0 atom stereocenters. The Morgan fingerprint density at radius 1 is 0.821 bits per heavy atom. The van der Waals surface area contributed by atoms with E-state index in [-0.39, 0.29) is 17.0 Å². The van der Waals surface area contributed by atoms with Gasteiger partial charge < -0.3 is 5.32 Å². The van der Waals surface area contributed by atoms with Crippen molar-refractivity contribution in [1.82, 2.24) is 0 Å². The number of carbonyl (C=O) groups is 2. The number of imide groups is 1. The van der Waals surface area contributed by atoms with Crippen molar-refractivity contribution in [2.24, 2.45) is 0 Å². The van der Waals surface area contributed by atoms with Crippen LogP contribution in [-0.4, -0.2) is 11.8 Å². The number of nitrogens with zero attached hydrogens (tertiary/aromatic N) is 1. The lowest BCUT2D eigenvalue weighted by Gasteiger charge is -2.15. The molecule has 0 aliphatic carbocycles. The summed E-state index contributed by atoms with van der Waals surface area (Å²) in [6.07, 6.45) is 0. The van der Waals surface area contributed by atoms with E-state index in [4.69, 9.17) is 0 Å². The zero-order valence-corrected chi connectivity index (χ0v) is 16.1. The molecular weight excluding hydrogens is 423 g/mol. The molecule has 1 N–H and O–H groups in total. The lowest BCUT2D eigenvalue weighted by Crippen LogP contribution is -2.32. The molecule has 0 radical (unpaired) electrons. The van der Waals surface area contributed by atoms with Crippen LogP contribution in [-0.2, 0) is 9.59 Å². The fourth-order valence-corrected chi connectivity index (χ4v) is 3.48. The topological polar surface area (TPSA) is 49.4 Å². The number of benzene rings is 3. The number of amides is 2. The predicted molar refractivity (Wildman–Crippen MR) is 110 cm³/mol. The van der Waals surface area contributed by atoms with Crippen LogP contribution in [0.3, 0.4) is 0 Å². The summed E-state index contributed by atoms with van der Waals surface area (Å²) in [6, 6.07) is 21.6. The second-order valence-electron chi connectivity index (χ2n) is 6.18. The van der Waals surface area contributed by atoms with Gasteiger partial charge in [0.2, 0.25) is 0 Å². The van der Waals surface area contributed by atoms with Crippen LogP contribution in [0.1, 0.15) is 5.56 Å². The maximum atomic E-state index is 13.7. The average Bonchev–Trinajstić information content (AvgIpc) is 2.92. The highest BCUT2D eigenvalue weighted by Gasteiger charge is 2.40. The van der Waals surface area contributed by atoms with Crippen LogP contribution in [0.5, 0.6) is 0 Å². The van der Waals surface area contributed by atoms with Crippen molar-refractivity contribution in [3.05, 3.63) is 100 Å². The first-order valence-electron chi connectivity index (χ1n) is 8.51. The Hall–Kier alpha value is -3.25. The first-order valence-corrected chi connectivity index (χ1v) is 9.30. The standard InChI is InChI=1S/C22H14BrFN2O2/c23-15-8-4-10-17(12-15)25-20-19(14-6-2-1-3-7-14)21(27)26(22(20)28)18-11-5-9-16(24)13-18/h1-13,25H. The number of hydrogen-bond acceptors (Lipinski definition) is 3. The molecule has 0 saturated carbocycles. The summed E-state index contributed by atoms with van der Waals surface area (Å²) >= 11 is 3.40. The SMILES string of the molecule is O=C1C(Nc2cccc(Br)c2)=C(c2ccccc2)C(=O)N1c1cccc(F)c1. The Morgan fingerprint density at radius 2 is 1.57 bits per heavy atom. The van der Waals surface area contributed by atoms with Crippen LogP contribution in [0.4, 0.5) is 15.8 Å². The van der Waals surface area contributed by atoms with Crippen LogP contribution in [0.25, 0.3) is 5.57 Å². The third kappa shape index (κ3) is 3.34. The van der Waals surface area contributed by atoms with Crippen molar-refractivity contribution in [3.63, 3.8) is 0 Å². The number of carbonyl (C=O) groups excluding carboxylic acids is 2. The van der Waals surface area contributed by atoms with Crippen molar-refractivity contribution in [2.45, 2.75) is 0 Å².